The van der Waals surface area contributed by atoms with Gasteiger partial charge in [-0.3, -0.25) is 9.59 Å². The smallest absolute Gasteiger partial charge is 0.416 e. The van der Waals surface area contributed by atoms with Crippen molar-refractivity contribution in [3.05, 3.63) is 52.9 Å². The summed E-state index contributed by atoms with van der Waals surface area (Å²) in [6.45, 7) is 0.130. The van der Waals surface area contributed by atoms with Crippen LogP contribution in [0.5, 0.6) is 0 Å². The van der Waals surface area contributed by atoms with Crippen LogP contribution in [0.1, 0.15) is 17.7 Å². The summed E-state index contributed by atoms with van der Waals surface area (Å²) in [5, 5.41) is 2.66. The van der Waals surface area contributed by atoms with Crippen molar-refractivity contribution >= 4 is 29.1 Å². The van der Waals surface area contributed by atoms with Gasteiger partial charge in [-0.25, -0.2) is 0 Å². The van der Waals surface area contributed by atoms with E-state index in [4.69, 9.17) is 16.0 Å². The summed E-state index contributed by atoms with van der Waals surface area (Å²) in [7, 11) is 0. The monoisotopic (exact) mass is 386 g/mol. The highest BCUT2D eigenvalue weighted by molar-refractivity contribution is 6.34. The second-order valence-corrected chi connectivity index (χ2v) is 6.27. The van der Waals surface area contributed by atoms with Gasteiger partial charge < -0.3 is 14.6 Å². The zero-order chi connectivity index (χ0) is 18.9. The second kappa shape index (κ2) is 7.03. The molecule has 26 heavy (non-hydrogen) atoms. The van der Waals surface area contributed by atoms with E-state index in [9.17, 15) is 22.8 Å². The largest absolute Gasteiger partial charge is 0.467 e. The molecule has 0 aliphatic carbocycles. The van der Waals surface area contributed by atoms with Gasteiger partial charge in [0, 0.05) is 13.0 Å². The molecule has 1 aliphatic rings. The number of carbonyl (C=O) groups excluding carboxylic acids is 2. The summed E-state index contributed by atoms with van der Waals surface area (Å²) >= 11 is 5.97. The molecule has 1 saturated heterocycles. The Labute approximate surface area is 151 Å². The van der Waals surface area contributed by atoms with E-state index in [0.29, 0.717) is 5.76 Å². The molecule has 0 bridgehead atoms. The minimum atomic E-state index is -4.55. The molecule has 2 amide bonds. The molecule has 138 valence electrons. The minimum absolute atomic E-state index is 0.0167. The molecule has 2 aromatic rings. The predicted octanol–water partition coefficient (Wildman–Crippen LogP) is 3.62. The van der Waals surface area contributed by atoms with Gasteiger partial charge in [-0.1, -0.05) is 11.6 Å². The van der Waals surface area contributed by atoms with Crippen LogP contribution in [-0.2, 0) is 22.3 Å². The number of amides is 2. The third kappa shape index (κ3) is 3.85. The Morgan fingerprint density at radius 2 is 2.12 bits per heavy atom. The van der Waals surface area contributed by atoms with Crippen LogP contribution in [0.25, 0.3) is 0 Å². The Hall–Kier alpha value is -2.48. The number of carbonyl (C=O) groups is 2. The summed E-state index contributed by atoms with van der Waals surface area (Å²) in [5.41, 5.74) is -0.955. The highest BCUT2D eigenvalue weighted by Gasteiger charge is 2.37. The fourth-order valence-electron chi connectivity index (χ4n) is 2.74. The lowest BCUT2D eigenvalue weighted by Gasteiger charge is -2.20. The number of nitrogens with zero attached hydrogens (tertiary/aromatic N) is 1. The van der Waals surface area contributed by atoms with E-state index in [0.717, 1.165) is 23.1 Å². The molecule has 1 aliphatic heterocycles. The van der Waals surface area contributed by atoms with Crippen molar-refractivity contribution in [2.45, 2.75) is 19.1 Å². The quantitative estimate of drug-likeness (QED) is 0.873. The Balaban J connectivity index is 1.72. The van der Waals surface area contributed by atoms with E-state index in [1.807, 2.05) is 0 Å². The molecule has 1 aromatic heterocycles. The van der Waals surface area contributed by atoms with Gasteiger partial charge in [0.2, 0.25) is 11.8 Å². The molecule has 1 unspecified atom stereocenters. The molecule has 9 heteroatoms. The molecule has 2 heterocycles. The number of halogens is 4. The fourth-order valence-corrected chi connectivity index (χ4v) is 2.96. The van der Waals surface area contributed by atoms with E-state index in [1.54, 1.807) is 12.1 Å². The Kier molecular flexibility index (Phi) is 4.95. The predicted molar refractivity (Wildman–Crippen MR) is 87.5 cm³/mol. The van der Waals surface area contributed by atoms with Crippen molar-refractivity contribution in [2.24, 2.45) is 5.92 Å². The van der Waals surface area contributed by atoms with Crippen molar-refractivity contribution in [3.8, 4) is 0 Å². The standard InChI is InChI=1S/C17H14ClF3N2O3/c18-13-4-3-11(17(19,20)21)7-14(13)23-9-10(6-15(23)24)16(25)22-8-12-2-1-5-26-12/h1-5,7,10H,6,8-9H2,(H,22,25). The maximum absolute atomic E-state index is 12.9. The summed E-state index contributed by atoms with van der Waals surface area (Å²) in [6, 6.07) is 6.13. The molecule has 5 nitrogen and oxygen atoms in total. The van der Waals surface area contributed by atoms with Gasteiger partial charge in [0.25, 0.3) is 0 Å². The van der Waals surface area contributed by atoms with Gasteiger partial charge in [-0.15, -0.1) is 0 Å². The van der Waals surface area contributed by atoms with E-state index in [1.165, 1.54) is 6.26 Å². The van der Waals surface area contributed by atoms with Crippen molar-refractivity contribution in [1.82, 2.24) is 5.32 Å². The zero-order valence-corrected chi connectivity index (χ0v) is 14.1. The van der Waals surface area contributed by atoms with E-state index in [-0.39, 0.29) is 36.1 Å². The van der Waals surface area contributed by atoms with Crippen LogP contribution in [0.3, 0.4) is 0 Å². The third-order valence-corrected chi connectivity index (χ3v) is 4.40. The minimum Gasteiger partial charge on any atom is -0.467 e. The number of furan rings is 1. The number of rotatable bonds is 4. The van der Waals surface area contributed by atoms with E-state index >= 15 is 0 Å². The number of alkyl halides is 3. The van der Waals surface area contributed by atoms with Crippen LogP contribution in [0.4, 0.5) is 18.9 Å². The van der Waals surface area contributed by atoms with Crippen LogP contribution in [0.15, 0.2) is 41.0 Å². The number of anilines is 1. The molecule has 1 N–H and O–H groups in total. The summed E-state index contributed by atoms with van der Waals surface area (Å²) < 4.78 is 43.8. The number of nitrogens with one attached hydrogen (secondary N) is 1. The summed E-state index contributed by atoms with van der Waals surface area (Å²) in [6.07, 6.45) is -3.18. The maximum Gasteiger partial charge on any atom is 0.416 e. The second-order valence-electron chi connectivity index (χ2n) is 5.87. The molecular formula is C17H14ClF3N2O3. The number of hydrogen-bond donors (Lipinski definition) is 1. The molecule has 0 radical (unpaired) electrons. The first-order valence-electron chi connectivity index (χ1n) is 7.73. The Morgan fingerprint density at radius 1 is 1.35 bits per heavy atom. The lowest BCUT2D eigenvalue weighted by molar-refractivity contribution is -0.137. The Morgan fingerprint density at radius 3 is 2.77 bits per heavy atom. The van der Waals surface area contributed by atoms with Crippen molar-refractivity contribution < 1.29 is 27.2 Å². The molecule has 0 saturated carbocycles. The first-order valence-corrected chi connectivity index (χ1v) is 8.10. The zero-order valence-electron chi connectivity index (χ0n) is 13.3. The van der Waals surface area contributed by atoms with Crippen LogP contribution >= 0.6 is 11.6 Å². The molecule has 1 atom stereocenters. The lowest BCUT2D eigenvalue weighted by atomic mass is 10.1. The molecular weight excluding hydrogens is 373 g/mol. The molecule has 1 aromatic carbocycles. The van der Waals surface area contributed by atoms with Crippen molar-refractivity contribution in [3.63, 3.8) is 0 Å². The van der Waals surface area contributed by atoms with Gasteiger partial charge in [0.15, 0.2) is 0 Å². The van der Waals surface area contributed by atoms with Gasteiger partial charge in [-0.2, -0.15) is 13.2 Å². The molecule has 1 fully saturated rings. The first kappa shape index (κ1) is 18.3. The first-order chi connectivity index (χ1) is 12.3. The SMILES string of the molecule is O=C(NCc1ccco1)C1CC(=O)N(c2cc(C(F)(F)F)ccc2Cl)C1. The van der Waals surface area contributed by atoms with E-state index in [2.05, 4.69) is 5.32 Å². The van der Waals surface area contributed by atoms with Crippen molar-refractivity contribution in [2.75, 3.05) is 11.4 Å². The van der Waals surface area contributed by atoms with Gasteiger partial charge in [0.05, 0.1) is 35.0 Å². The normalized spacial score (nSPS) is 17.6. The average molecular weight is 387 g/mol. The number of hydrogen-bond acceptors (Lipinski definition) is 3. The summed E-state index contributed by atoms with van der Waals surface area (Å²) in [4.78, 5) is 25.6. The third-order valence-electron chi connectivity index (χ3n) is 4.08. The maximum atomic E-state index is 12.9. The highest BCUT2D eigenvalue weighted by atomic mass is 35.5. The number of benzene rings is 1. The van der Waals surface area contributed by atoms with Crippen molar-refractivity contribution in [1.29, 1.82) is 0 Å². The fraction of sp³-hybridized carbons (Fsp3) is 0.294. The van der Waals surface area contributed by atoms with Crippen LogP contribution in [0, 0.1) is 5.92 Å². The van der Waals surface area contributed by atoms with Crippen LogP contribution in [0.2, 0.25) is 5.02 Å². The van der Waals surface area contributed by atoms with Crippen LogP contribution < -0.4 is 10.2 Å². The van der Waals surface area contributed by atoms with Gasteiger partial charge in [-0.05, 0) is 30.3 Å². The molecule has 0 spiro atoms. The summed E-state index contributed by atoms with van der Waals surface area (Å²) in [5.74, 6) is -0.951. The van der Waals surface area contributed by atoms with Crippen LogP contribution in [-0.4, -0.2) is 18.4 Å². The topological polar surface area (TPSA) is 62.6 Å². The molecule has 3 rings (SSSR count). The van der Waals surface area contributed by atoms with E-state index < -0.39 is 23.6 Å². The van der Waals surface area contributed by atoms with Gasteiger partial charge >= 0.3 is 6.18 Å². The van der Waals surface area contributed by atoms with Gasteiger partial charge in [0.1, 0.15) is 5.76 Å². The lowest BCUT2D eigenvalue weighted by Crippen LogP contribution is -2.32. The average Bonchev–Trinajstić information content (AvgIpc) is 3.21. The Bertz CT molecular complexity index is 821. The highest BCUT2D eigenvalue weighted by Crippen LogP contribution is 2.37.